The number of carbonyl (C=O) groups is 1. The summed E-state index contributed by atoms with van der Waals surface area (Å²) >= 11 is 0. The van der Waals surface area contributed by atoms with E-state index in [1.165, 1.54) is 12.8 Å². The number of likely N-dealkylation sites (tertiary alicyclic amines) is 1. The van der Waals surface area contributed by atoms with Gasteiger partial charge in [-0.15, -0.1) is 0 Å². The molecule has 2 aliphatic rings. The second-order valence-corrected chi connectivity index (χ2v) is 5.33. The summed E-state index contributed by atoms with van der Waals surface area (Å²) in [5, 5.41) is 0. The molecule has 0 radical (unpaired) electrons. The maximum absolute atomic E-state index is 11.8. The van der Waals surface area contributed by atoms with Gasteiger partial charge in [0.25, 0.3) is 0 Å². The molecule has 1 amide bonds. The molecule has 2 heteroatoms. The number of carbonyl (C=O) groups excluding carboxylic acids is 1. The summed E-state index contributed by atoms with van der Waals surface area (Å²) in [6, 6.07) is 0.506. The molecule has 2 nitrogen and oxygen atoms in total. The first-order valence-corrected chi connectivity index (χ1v) is 5.89. The van der Waals surface area contributed by atoms with Gasteiger partial charge in [-0.25, -0.2) is 0 Å². The molecule has 0 bridgehead atoms. The Hall–Kier alpha value is -0.530. The number of hydrogen-bond acceptors (Lipinski definition) is 1. The number of amides is 1. The summed E-state index contributed by atoms with van der Waals surface area (Å²) in [4.78, 5) is 13.9. The lowest BCUT2D eigenvalue weighted by molar-refractivity contribution is -0.129. The van der Waals surface area contributed by atoms with E-state index >= 15 is 0 Å². The minimum atomic E-state index is 0.392. The van der Waals surface area contributed by atoms with E-state index in [1.54, 1.807) is 0 Å². The Morgan fingerprint density at radius 1 is 1.21 bits per heavy atom. The van der Waals surface area contributed by atoms with Crippen LogP contribution >= 0.6 is 0 Å². The maximum Gasteiger partial charge on any atom is 0.223 e. The van der Waals surface area contributed by atoms with Crippen LogP contribution in [0.3, 0.4) is 0 Å². The molecule has 1 aliphatic carbocycles. The van der Waals surface area contributed by atoms with Crippen molar-refractivity contribution in [2.24, 2.45) is 17.8 Å². The Labute approximate surface area is 86.7 Å². The smallest absolute Gasteiger partial charge is 0.223 e. The second-order valence-electron chi connectivity index (χ2n) is 5.33. The van der Waals surface area contributed by atoms with Gasteiger partial charge >= 0.3 is 0 Å². The fraction of sp³-hybridized carbons (Fsp3) is 0.917. The highest BCUT2D eigenvalue weighted by Gasteiger charge is 2.39. The van der Waals surface area contributed by atoms with E-state index in [0.29, 0.717) is 23.8 Å². The number of nitrogens with zero attached hydrogens (tertiary/aromatic N) is 1. The monoisotopic (exact) mass is 195 g/mol. The Morgan fingerprint density at radius 2 is 1.86 bits per heavy atom. The van der Waals surface area contributed by atoms with Gasteiger partial charge in [-0.1, -0.05) is 13.8 Å². The molecule has 1 heterocycles. The highest BCUT2D eigenvalue weighted by molar-refractivity contribution is 5.79. The SMILES string of the molecule is CC(C)C1CC(=O)N([C@H](C)C2CC2)C1. The molecule has 1 saturated carbocycles. The molecular weight excluding hydrogens is 174 g/mol. The predicted molar refractivity (Wildman–Crippen MR) is 56.8 cm³/mol. The first-order valence-electron chi connectivity index (χ1n) is 5.89. The number of hydrogen-bond donors (Lipinski definition) is 0. The van der Waals surface area contributed by atoms with Gasteiger partial charge in [0.05, 0.1) is 0 Å². The van der Waals surface area contributed by atoms with E-state index in [1.807, 2.05) is 0 Å². The van der Waals surface area contributed by atoms with Crippen molar-refractivity contribution in [3.05, 3.63) is 0 Å². The van der Waals surface area contributed by atoms with E-state index in [0.717, 1.165) is 18.9 Å². The zero-order valence-electron chi connectivity index (χ0n) is 9.49. The molecule has 0 aromatic carbocycles. The molecule has 2 atom stereocenters. The molecule has 1 saturated heterocycles. The summed E-state index contributed by atoms with van der Waals surface area (Å²) in [6.07, 6.45) is 3.45. The molecule has 80 valence electrons. The minimum absolute atomic E-state index is 0.392. The van der Waals surface area contributed by atoms with Crippen molar-refractivity contribution in [3.63, 3.8) is 0 Å². The van der Waals surface area contributed by atoms with Crippen molar-refractivity contribution in [2.45, 2.75) is 46.1 Å². The van der Waals surface area contributed by atoms with Gasteiger partial charge in [-0.3, -0.25) is 4.79 Å². The Balaban J connectivity index is 1.96. The lowest BCUT2D eigenvalue weighted by Gasteiger charge is -2.25. The summed E-state index contributed by atoms with van der Waals surface area (Å²) in [7, 11) is 0. The Kier molecular flexibility index (Phi) is 2.54. The highest BCUT2D eigenvalue weighted by Crippen LogP contribution is 2.38. The van der Waals surface area contributed by atoms with Gasteiger partial charge < -0.3 is 4.90 Å². The molecule has 0 N–H and O–H groups in total. The van der Waals surface area contributed by atoms with E-state index in [4.69, 9.17) is 0 Å². The fourth-order valence-corrected chi connectivity index (χ4v) is 2.43. The second kappa shape index (κ2) is 3.56. The predicted octanol–water partition coefficient (Wildman–Crippen LogP) is 2.29. The molecule has 2 fully saturated rings. The quantitative estimate of drug-likeness (QED) is 0.676. The van der Waals surface area contributed by atoms with Gasteiger partial charge in [-0.2, -0.15) is 0 Å². The molecule has 0 aromatic rings. The van der Waals surface area contributed by atoms with Crippen LogP contribution in [0.25, 0.3) is 0 Å². The van der Waals surface area contributed by atoms with Gasteiger partial charge in [-0.05, 0) is 37.5 Å². The summed E-state index contributed by atoms with van der Waals surface area (Å²) in [5.74, 6) is 2.45. The van der Waals surface area contributed by atoms with E-state index in [-0.39, 0.29) is 0 Å². The third-order valence-electron chi connectivity index (χ3n) is 3.93. The molecule has 0 aromatic heterocycles. The molecular formula is C12H21NO. The van der Waals surface area contributed by atoms with Crippen LogP contribution < -0.4 is 0 Å². The molecule has 14 heavy (non-hydrogen) atoms. The van der Waals surface area contributed by atoms with Crippen molar-refractivity contribution in [1.29, 1.82) is 0 Å². The van der Waals surface area contributed by atoms with Crippen LogP contribution in [0.1, 0.15) is 40.0 Å². The van der Waals surface area contributed by atoms with Crippen LogP contribution in [0.15, 0.2) is 0 Å². The van der Waals surface area contributed by atoms with Gasteiger partial charge in [0, 0.05) is 19.0 Å². The van der Waals surface area contributed by atoms with E-state index < -0.39 is 0 Å². The van der Waals surface area contributed by atoms with Crippen LogP contribution in [0.2, 0.25) is 0 Å². The van der Waals surface area contributed by atoms with Crippen LogP contribution in [-0.2, 0) is 4.79 Å². The standard InChI is InChI=1S/C12H21NO/c1-8(2)11-6-12(14)13(7-11)9(3)10-4-5-10/h8-11H,4-7H2,1-3H3/t9-,11?/m1/s1. The third kappa shape index (κ3) is 1.79. The molecule has 2 rings (SSSR count). The lowest BCUT2D eigenvalue weighted by atomic mass is 9.95. The van der Waals surface area contributed by atoms with Crippen molar-refractivity contribution >= 4 is 5.91 Å². The summed E-state index contributed by atoms with van der Waals surface area (Å²) in [6.45, 7) is 7.68. The average molecular weight is 195 g/mol. The molecule has 1 aliphatic heterocycles. The van der Waals surface area contributed by atoms with Crippen LogP contribution in [0.5, 0.6) is 0 Å². The van der Waals surface area contributed by atoms with Crippen LogP contribution in [-0.4, -0.2) is 23.4 Å². The highest BCUT2D eigenvalue weighted by atomic mass is 16.2. The van der Waals surface area contributed by atoms with Gasteiger partial charge in [0.2, 0.25) is 5.91 Å². The summed E-state index contributed by atoms with van der Waals surface area (Å²) < 4.78 is 0. The first-order chi connectivity index (χ1) is 6.59. The fourth-order valence-electron chi connectivity index (χ4n) is 2.43. The minimum Gasteiger partial charge on any atom is -0.339 e. The summed E-state index contributed by atoms with van der Waals surface area (Å²) in [5.41, 5.74) is 0. The largest absolute Gasteiger partial charge is 0.339 e. The van der Waals surface area contributed by atoms with Crippen molar-refractivity contribution in [1.82, 2.24) is 4.90 Å². The third-order valence-corrected chi connectivity index (χ3v) is 3.93. The number of rotatable bonds is 3. The molecule has 0 spiro atoms. The molecule has 1 unspecified atom stereocenters. The van der Waals surface area contributed by atoms with Gasteiger partial charge in [0.1, 0.15) is 0 Å². The first kappa shape index (κ1) is 10.0. The normalized spacial score (nSPS) is 30.1. The maximum atomic E-state index is 11.8. The van der Waals surface area contributed by atoms with Gasteiger partial charge in [0.15, 0.2) is 0 Å². The van der Waals surface area contributed by atoms with E-state index in [2.05, 4.69) is 25.7 Å². The Bertz CT molecular complexity index is 232. The zero-order valence-corrected chi connectivity index (χ0v) is 9.49. The van der Waals surface area contributed by atoms with Crippen LogP contribution in [0.4, 0.5) is 0 Å². The van der Waals surface area contributed by atoms with Crippen molar-refractivity contribution < 1.29 is 4.79 Å². The topological polar surface area (TPSA) is 20.3 Å². The lowest BCUT2D eigenvalue weighted by Crippen LogP contribution is -2.36. The average Bonchev–Trinajstić information content (AvgIpc) is 2.88. The van der Waals surface area contributed by atoms with E-state index in [9.17, 15) is 4.79 Å². The van der Waals surface area contributed by atoms with Crippen LogP contribution in [0, 0.1) is 17.8 Å². The van der Waals surface area contributed by atoms with Crippen molar-refractivity contribution in [3.8, 4) is 0 Å². The Morgan fingerprint density at radius 3 is 2.29 bits per heavy atom. The zero-order chi connectivity index (χ0) is 10.3. The van der Waals surface area contributed by atoms with Crippen molar-refractivity contribution in [2.75, 3.05) is 6.54 Å².